The normalized spacial score (nSPS) is 10.3. The molecule has 0 spiro atoms. The summed E-state index contributed by atoms with van der Waals surface area (Å²) in [5, 5.41) is 10.4. The first kappa shape index (κ1) is 12.5. The molecule has 4 nitrogen and oxygen atoms in total. The van der Waals surface area contributed by atoms with Crippen LogP contribution in [0.2, 0.25) is 0 Å². The van der Waals surface area contributed by atoms with Crippen LogP contribution in [0.15, 0.2) is 48.7 Å². The van der Waals surface area contributed by atoms with Crippen molar-refractivity contribution in [2.24, 2.45) is 5.73 Å². The van der Waals surface area contributed by atoms with Gasteiger partial charge in [0.1, 0.15) is 0 Å². The van der Waals surface area contributed by atoms with Crippen LogP contribution < -0.4 is 5.73 Å². The Balaban J connectivity index is 0.00000120. The van der Waals surface area contributed by atoms with E-state index in [1.165, 1.54) is 5.39 Å². The minimum Gasteiger partial charge on any atom is -0.325 e. The van der Waals surface area contributed by atoms with Crippen molar-refractivity contribution in [3.05, 3.63) is 54.4 Å². The first-order chi connectivity index (χ1) is 8.38. The number of hydrogen-bond acceptors (Lipinski definition) is 3. The lowest BCUT2D eigenvalue weighted by Crippen LogP contribution is -1.96. The fourth-order valence-electron chi connectivity index (χ4n) is 1.92. The predicted octanol–water partition coefficient (Wildman–Crippen LogP) is 2.30. The molecular formula is C13H13ClN4. The molecule has 0 fully saturated rings. The molecule has 0 saturated carbocycles. The Morgan fingerprint density at radius 3 is 2.61 bits per heavy atom. The summed E-state index contributed by atoms with van der Waals surface area (Å²) in [6.45, 7) is 0.408. The third-order valence-corrected chi connectivity index (χ3v) is 2.76. The van der Waals surface area contributed by atoms with Crippen molar-refractivity contribution in [2.45, 2.75) is 6.54 Å². The minimum atomic E-state index is 0. The third kappa shape index (κ3) is 2.08. The molecule has 0 saturated heterocycles. The Hall–Kier alpha value is -1.91. The zero-order valence-electron chi connectivity index (χ0n) is 9.65. The van der Waals surface area contributed by atoms with Gasteiger partial charge in [-0.05, 0) is 11.5 Å². The van der Waals surface area contributed by atoms with E-state index < -0.39 is 0 Å². The summed E-state index contributed by atoms with van der Waals surface area (Å²) >= 11 is 0. The van der Waals surface area contributed by atoms with Gasteiger partial charge in [-0.1, -0.05) is 41.6 Å². The average molecular weight is 261 g/mol. The molecule has 2 aromatic carbocycles. The lowest BCUT2D eigenvalue weighted by molar-refractivity contribution is 0.801. The number of fused-ring (bicyclic) bond motifs is 1. The van der Waals surface area contributed by atoms with Gasteiger partial charge >= 0.3 is 0 Å². The van der Waals surface area contributed by atoms with Crippen molar-refractivity contribution in [3.8, 4) is 5.69 Å². The lowest BCUT2D eigenvalue weighted by Gasteiger charge is -2.04. The average Bonchev–Trinajstić information content (AvgIpc) is 2.87. The van der Waals surface area contributed by atoms with Crippen LogP contribution in [0.5, 0.6) is 0 Å². The van der Waals surface area contributed by atoms with Crippen molar-refractivity contribution in [3.63, 3.8) is 0 Å². The second-order valence-electron chi connectivity index (χ2n) is 3.86. The molecule has 5 heteroatoms. The summed E-state index contributed by atoms with van der Waals surface area (Å²) in [5.74, 6) is 0. The number of nitrogens with two attached hydrogens (primary N) is 1. The molecule has 0 atom stereocenters. The van der Waals surface area contributed by atoms with Crippen molar-refractivity contribution in [2.75, 3.05) is 0 Å². The van der Waals surface area contributed by atoms with E-state index in [4.69, 9.17) is 5.73 Å². The SMILES string of the molecule is Cl.NCc1cn(-c2cccc3ccccc23)nn1. The second kappa shape index (κ2) is 5.16. The van der Waals surface area contributed by atoms with E-state index in [0.717, 1.165) is 16.8 Å². The molecule has 92 valence electrons. The summed E-state index contributed by atoms with van der Waals surface area (Å²) in [6.07, 6.45) is 1.86. The molecule has 3 aromatic rings. The van der Waals surface area contributed by atoms with Crippen LogP contribution in [0.1, 0.15) is 5.69 Å². The van der Waals surface area contributed by atoms with Gasteiger partial charge in [-0.25, -0.2) is 4.68 Å². The summed E-state index contributed by atoms with van der Waals surface area (Å²) in [4.78, 5) is 0. The zero-order valence-corrected chi connectivity index (χ0v) is 10.5. The fourth-order valence-corrected chi connectivity index (χ4v) is 1.92. The van der Waals surface area contributed by atoms with Gasteiger partial charge in [0.2, 0.25) is 0 Å². The molecule has 2 N–H and O–H groups in total. The highest BCUT2D eigenvalue weighted by Gasteiger charge is 2.04. The topological polar surface area (TPSA) is 56.7 Å². The van der Waals surface area contributed by atoms with E-state index in [9.17, 15) is 0 Å². The van der Waals surface area contributed by atoms with Crippen molar-refractivity contribution in [1.82, 2.24) is 15.0 Å². The molecule has 3 rings (SSSR count). The molecule has 0 amide bonds. The number of hydrogen-bond donors (Lipinski definition) is 1. The molecule has 1 aromatic heterocycles. The quantitative estimate of drug-likeness (QED) is 0.769. The fraction of sp³-hybridized carbons (Fsp3) is 0.0769. The van der Waals surface area contributed by atoms with Gasteiger partial charge in [0, 0.05) is 11.9 Å². The predicted molar refractivity (Wildman–Crippen MR) is 74.0 cm³/mol. The highest BCUT2D eigenvalue weighted by Crippen LogP contribution is 2.21. The minimum absolute atomic E-state index is 0. The Morgan fingerprint density at radius 1 is 1.06 bits per heavy atom. The van der Waals surface area contributed by atoms with Crippen LogP contribution >= 0.6 is 12.4 Å². The molecule has 0 aliphatic rings. The number of rotatable bonds is 2. The first-order valence-corrected chi connectivity index (χ1v) is 5.48. The van der Waals surface area contributed by atoms with Gasteiger partial charge in [-0.15, -0.1) is 17.5 Å². The Labute approximate surface area is 111 Å². The van der Waals surface area contributed by atoms with Gasteiger partial charge in [0.25, 0.3) is 0 Å². The maximum atomic E-state index is 5.54. The molecule has 0 bridgehead atoms. The molecular weight excluding hydrogens is 248 g/mol. The number of benzene rings is 2. The van der Waals surface area contributed by atoms with E-state index >= 15 is 0 Å². The smallest absolute Gasteiger partial charge is 0.0967 e. The van der Waals surface area contributed by atoms with Crippen molar-refractivity contribution in [1.29, 1.82) is 0 Å². The molecule has 0 radical (unpaired) electrons. The van der Waals surface area contributed by atoms with Gasteiger partial charge in [-0.3, -0.25) is 0 Å². The lowest BCUT2D eigenvalue weighted by atomic mass is 10.1. The van der Waals surface area contributed by atoms with E-state index in [1.54, 1.807) is 4.68 Å². The van der Waals surface area contributed by atoms with Gasteiger partial charge in [0.15, 0.2) is 0 Å². The van der Waals surface area contributed by atoms with Crippen molar-refractivity contribution >= 4 is 23.2 Å². The molecule has 1 heterocycles. The van der Waals surface area contributed by atoms with Crippen LogP contribution in [-0.2, 0) is 6.54 Å². The maximum absolute atomic E-state index is 5.54. The van der Waals surface area contributed by atoms with Crippen LogP contribution in [0.25, 0.3) is 16.5 Å². The largest absolute Gasteiger partial charge is 0.325 e. The third-order valence-electron chi connectivity index (χ3n) is 2.76. The van der Waals surface area contributed by atoms with E-state index in [1.807, 2.05) is 30.5 Å². The standard InChI is InChI=1S/C13H12N4.ClH/c14-8-11-9-17(16-15-11)13-7-3-5-10-4-1-2-6-12(10)13;/h1-7,9H,8,14H2;1H. The van der Waals surface area contributed by atoms with E-state index in [2.05, 4.69) is 28.5 Å². The molecule has 0 unspecified atom stereocenters. The zero-order chi connectivity index (χ0) is 11.7. The van der Waals surface area contributed by atoms with Crippen LogP contribution in [-0.4, -0.2) is 15.0 Å². The van der Waals surface area contributed by atoms with E-state index in [0.29, 0.717) is 6.54 Å². The summed E-state index contributed by atoms with van der Waals surface area (Å²) in [7, 11) is 0. The van der Waals surface area contributed by atoms with Gasteiger partial charge in [-0.2, -0.15) is 0 Å². The monoisotopic (exact) mass is 260 g/mol. The summed E-state index contributed by atoms with van der Waals surface area (Å²) in [5.41, 5.74) is 7.35. The van der Waals surface area contributed by atoms with Crippen LogP contribution in [0.4, 0.5) is 0 Å². The van der Waals surface area contributed by atoms with E-state index in [-0.39, 0.29) is 12.4 Å². The Morgan fingerprint density at radius 2 is 1.83 bits per heavy atom. The molecule has 18 heavy (non-hydrogen) atoms. The number of aromatic nitrogens is 3. The summed E-state index contributed by atoms with van der Waals surface area (Å²) in [6, 6.07) is 14.3. The highest BCUT2D eigenvalue weighted by molar-refractivity contribution is 5.89. The van der Waals surface area contributed by atoms with Crippen LogP contribution in [0, 0.1) is 0 Å². The Kier molecular flexibility index (Phi) is 3.60. The maximum Gasteiger partial charge on any atom is 0.0967 e. The van der Waals surface area contributed by atoms with Crippen LogP contribution in [0.3, 0.4) is 0 Å². The van der Waals surface area contributed by atoms with Crippen molar-refractivity contribution < 1.29 is 0 Å². The highest BCUT2D eigenvalue weighted by atomic mass is 35.5. The summed E-state index contributed by atoms with van der Waals surface area (Å²) < 4.78 is 1.77. The van der Waals surface area contributed by atoms with Gasteiger partial charge < -0.3 is 5.73 Å². The Bertz CT molecular complexity index is 657. The van der Waals surface area contributed by atoms with Gasteiger partial charge in [0.05, 0.1) is 17.6 Å². The molecule has 0 aliphatic heterocycles. The second-order valence-corrected chi connectivity index (χ2v) is 3.86. The number of nitrogens with zero attached hydrogens (tertiary/aromatic N) is 3. The molecule has 0 aliphatic carbocycles. The first-order valence-electron chi connectivity index (χ1n) is 5.48. The number of halogens is 1.